The number of ketones is 1. The van der Waals surface area contributed by atoms with E-state index in [9.17, 15) is 9.18 Å². The lowest BCUT2D eigenvalue weighted by Crippen LogP contribution is -2.24. The van der Waals surface area contributed by atoms with E-state index >= 15 is 0 Å². The summed E-state index contributed by atoms with van der Waals surface area (Å²) in [7, 11) is 0. The van der Waals surface area contributed by atoms with Gasteiger partial charge in [-0.2, -0.15) is 0 Å². The van der Waals surface area contributed by atoms with Crippen LogP contribution in [0.25, 0.3) is 0 Å². The molecule has 0 aliphatic carbocycles. The third-order valence-corrected chi connectivity index (χ3v) is 4.07. The molecule has 0 radical (unpaired) electrons. The van der Waals surface area contributed by atoms with E-state index in [-0.39, 0.29) is 11.6 Å². The number of nitrogens with zero attached hydrogens (tertiary/aromatic N) is 1. The highest BCUT2D eigenvalue weighted by atomic mass is 35.5. The van der Waals surface area contributed by atoms with Gasteiger partial charge in [0.25, 0.3) is 0 Å². The Morgan fingerprint density at radius 3 is 2.71 bits per heavy atom. The van der Waals surface area contributed by atoms with Crippen LogP contribution in [0.15, 0.2) is 42.5 Å². The first kappa shape index (κ1) is 14.1. The average molecular weight is 304 g/mol. The molecular weight excluding hydrogens is 289 g/mol. The maximum atomic E-state index is 13.3. The van der Waals surface area contributed by atoms with E-state index in [1.165, 1.54) is 6.07 Å². The Balaban J connectivity index is 1.65. The number of hydrogen-bond donors (Lipinski definition) is 0. The zero-order valence-corrected chi connectivity index (χ0v) is 12.2. The minimum absolute atomic E-state index is 0.0801. The molecule has 108 valence electrons. The molecule has 0 spiro atoms. The molecule has 3 rings (SSSR count). The summed E-state index contributed by atoms with van der Waals surface area (Å²) in [5, 5.41) is 0.621. The molecule has 0 N–H and O–H groups in total. The van der Waals surface area contributed by atoms with Crippen LogP contribution in [0.3, 0.4) is 0 Å². The van der Waals surface area contributed by atoms with Gasteiger partial charge in [-0.15, -0.1) is 0 Å². The fraction of sp³-hybridized carbons (Fsp3) is 0.235. The highest BCUT2D eigenvalue weighted by molar-refractivity contribution is 6.30. The summed E-state index contributed by atoms with van der Waals surface area (Å²) >= 11 is 5.81. The van der Waals surface area contributed by atoms with Crippen LogP contribution in [0.2, 0.25) is 5.02 Å². The molecule has 0 unspecified atom stereocenters. The molecule has 1 aliphatic rings. The molecule has 2 nitrogen and oxygen atoms in total. The Hall–Kier alpha value is -1.87. The monoisotopic (exact) mass is 303 g/mol. The van der Waals surface area contributed by atoms with Crippen LogP contribution in [-0.4, -0.2) is 18.9 Å². The van der Waals surface area contributed by atoms with Crippen LogP contribution < -0.4 is 4.90 Å². The lowest BCUT2D eigenvalue weighted by Gasteiger charge is -2.18. The van der Waals surface area contributed by atoms with Crippen LogP contribution in [0, 0.1) is 5.82 Å². The van der Waals surface area contributed by atoms with Gasteiger partial charge in [-0.3, -0.25) is 4.79 Å². The van der Waals surface area contributed by atoms with Crippen molar-refractivity contribution >= 4 is 23.1 Å². The minimum atomic E-state index is -0.232. The Morgan fingerprint density at radius 2 is 1.95 bits per heavy atom. The fourth-order valence-corrected chi connectivity index (χ4v) is 2.79. The van der Waals surface area contributed by atoms with Gasteiger partial charge in [-0.25, -0.2) is 4.39 Å². The van der Waals surface area contributed by atoms with Crippen molar-refractivity contribution in [3.8, 4) is 0 Å². The van der Waals surface area contributed by atoms with Gasteiger partial charge in [-0.1, -0.05) is 17.7 Å². The van der Waals surface area contributed by atoms with Crippen molar-refractivity contribution in [1.29, 1.82) is 0 Å². The van der Waals surface area contributed by atoms with Crippen LogP contribution in [0.1, 0.15) is 22.3 Å². The summed E-state index contributed by atoms with van der Waals surface area (Å²) in [5.41, 5.74) is 2.73. The highest BCUT2D eigenvalue weighted by Crippen LogP contribution is 2.28. The molecule has 0 atom stereocenters. The molecule has 0 bridgehead atoms. The molecule has 21 heavy (non-hydrogen) atoms. The SMILES string of the molecule is O=C(CCN1CCc2ccc(F)cc21)c1ccc(Cl)cc1. The van der Waals surface area contributed by atoms with E-state index in [1.54, 1.807) is 30.3 Å². The third kappa shape index (κ3) is 3.08. The molecule has 1 heterocycles. The Bertz CT molecular complexity index is 669. The summed E-state index contributed by atoms with van der Waals surface area (Å²) < 4.78 is 13.3. The van der Waals surface area contributed by atoms with E-state index in [0.29, 0.717) is 23.6 Å². The van der Waals surface area contributed by atoms with E-state index in [1.807, 2.05) is 6.07 Å². The Morgan fingerprint density at radius 1 is 1.19 bits per heavy atom. The van der Waals surface area contributed by atoms with Crippen molar-refractivity contribution in [2.75, 3.05) is 18.0 Å². The largest absolute Gasteiger partial charge is 0.370 e. The maximum Gasteiger partial charge on any atom is 0.164 e. The predicted octanol–water partition coefficient (Wildman–Crippen LogP) is 4.11. The second kappa shape index (κ2) is 5.86. The molecule has 4 heteroatoms. The van der Waals surface area contributed by atoms with Gasteiger partial charge >= 0.3 is 0 Å². The zero-order valence-electron chi connectivity index (χ0n) is 11.5. The number of carbonyl (C=O) groups is 1. The lowest BCUT2D eigenvalue weighted by molar-refractivity contribution is 0.0984. The smallest absolute Gasteiger partial charge is 0.164 e. The molecule has 0 amide bonds. The van der Waals surface area contributed by atoms with E-state index < -0.39 is 0 Å². The number of benzene rings is 2. The zero-order chi connectivity index (χ0) is 14.8. The van der Waals surface area contributed by atoms with Crippen molar-refractivity contribution in [1.82, 2.24) is 0 Å². The second-order valence-electron chi connectivity index (χ2n) is 5.19. The van der Waals surface area contributed by atoms with Crippen molar-refractivity contribution in [2.45, 2.75) is 12.8 Å². The standard InChI is InChI=1S/C17H15ClFNO/c18-14-4-1-13(2-5-14)17(21)8-10-20-9-7-12-3-6-15(19)11-16(12)20/h1-6,11H,7-10H2. The number of halogens is 2. The van der Waals surface area contributed by atoms with E-state index in [2.05, 4.69) is 4.90 Å². The summed E-state index contributed by atoms with van der Waals surface area (Å²) in [6.07, 6.45) is 1.32. The molecule has 0 saturated heterocycles. The number of rotatable bonds is 4. The lowest BCUT2D eigenvalue weighted by atomic mass is 10.1. The normalized spacial score (nSPS) is 13.3. The first-order valence-electron chi connectivity index (χ1n) is 6.95. The van der Waals surface area contributed by atoms with Crippen molar-refractivity contribution in [3.05, 3.63) is 64.4 Å². The number of fused-ring (bicyclic) bond motifs is 1. The molecule has 2 aromatic rings. The molecular formula is C17H15ClFNO. The first-order chi connectivity index (χ1) is 10.1. The fourth-order valence-electron chi connectivity index (χ4n) is 2.67. The van der Waals surface area contributed by atoms with Gasteiger partial charge in [0.2, 0.25) is 0 Å². The van der Waals surface area contributed by atoms with Crippen LogP contribution >= 0.6 is 11.6 Å². The van der Waals surface area contributed by atoms with Gasteiger partial charge in [0.15, 0.2) is 5.78 Å². The number of hydrogen-bond acceptors (Lipinski definition) is 2. The number of anilines is 1. The Labute approximate surface area is 128 Å². The van der Waals surface area contributed by atoms with Crippen LogP contribution in [0.4, 0.5) is 10.1 Å². The summed E-state index contributed by atoms with van der Waals surface area (Å²) in [4.78, 5) is 14.2. The quantitative estimate of drug-likeness (QED) is 0.792. The molecule has 1 aliphatic heterocycles. The van der Waals surface area contributed by atoms with E-state index in [0.717, 1.165) is 24.2 Å². The minimum Gasteiger partial charge on any atom is -0.370 e. The molecule has 2 aromatic carbocycles. The predicted molar refractivity (Wildman–Crippen MR) is 82.7 cm³/mol. The highest BCUT2D eigenvalue weighted by Gasteiger charge is 2.20. The van der Waals surface area contributed by atoms with Crippen LogP contribution in [0.5, 0.6) is 0 Å². The Kier molecular flexibility index (Phi) is 3.93. The van der Waals surface area contributed by atoms with E-state index in [4.69, 9.17) is 11.6 Å². The maximum absolute atomic E-state index is 13.3. The molecule has 0 fully saturated rings. The van der Waals surface area contributed by atoms with Gasteiger partial charge in [-0.05, 0) is 48.4 Å². The third-order valence-electron chi connectivity index (χ3n) is 3.81. The topological polar surface area (TPSA) is 20.3 Å². The average Bonchev–Trinajstić information content (AvgIpc) is 2.88. The van der Waals surface area contributed by atoms with Crippen LogP contribution in [-0.2, 0) is 6.42 Å². The number of Topliss-reactive ketones (excluding diaryl/α,β-unsaturated/α-hetero) is 1. The van der Waals surface area contributed by atoms with Gasteiger partial charge in [0, 0.05) is 35.8 Å². The van der Waals surface area contributed by atoms with Gasteiger partial charge in [0.05, 0.1) is 0 Å². The van der Waals surface area contributed by atoms with Crippen molar-refractivity contribution in [3.63, 3.8) is 0 Å². The van der Waals surface area contributed by atoms with Gasteiger partial charge in [0.1, 0.15) is 5.82 Å². The summed E-state index contributed by atoms with van der Waals surface area (Å²) in [6.45, 7) is 1.45. The first-order valence-corrected chi connectivity index (χ1v) is 7.33. The molecule has 0 aromatic heterocycles. The molecule has 0 saturated carbocycles. The second-order valence-corrected chi connectivity index (χ2v) is 5.63. The van der Waals surface area contributed by atoms with Crippen molar-refractivity contribution < 1.29 is 9.18 Å². The summed E-state index contributed by atoms with van der Waals surface area (Å²) in [6, 6.07) is 11.8. The van der Waals surface area contributed by atoms with Crippen molar-refractivity contribution in [2.24, 2.45) is 0 Å². The number of carbonyl (C=O) groups excluding carboxylic acids is 1. The summed E-state index contributed by atoms with van der Waals surface area (Å²) in [5.74, 6) is -0.152. The van der Waals surface area contributed by atoms with Gasteiger partial charge < -0.3 is 4.90 Å².